The van der Waals surface area contributed by atoms with Gasteiger partial charge in [0.2, 0.25) is 0 Å². The minimum atomic E-state index is 0.895. The normalized spacial score (nSPS) is 10.2. The molecule has 106 valence electrons. The molecule has 1 aromatic heterocycles. The molecule has 4 nitrogen and oxygen atoms in total. The zero-order valence-corrected chi connectivity index (χ0v) is 12.2. The Hall–Kier alpha value is -2.23. The first-order valence-electron chi connectivity index (χ1n) is 6.83. The topological polar surface area (TPSA) is 46.2 Å². The fraction of sp³-hybridized carbons (Fsp3) is 0.312. The summed E-state index contributed by atoms with van der Waals surface area (Å²) in [6.45, 7) is 5.12. The molecule has 2 aromatic rings. The summed E-state index contributed by atoms with van der Waals surface area (Å²) in [5, 5.41) is 6.68. The highest BCUT2D eigenvalue weighted by molar-refractivity contribution is 5.64. The maximum absolute atomic E-state index is 5.26. The van der Waals surface area contributed by atoms with E-state index in [9.17, 15) is 0 Å². The number of rotatable bonds is 6. The largest absolute Gasteiger partial charge is 0.496 e. The molecule has 0 atom stereocenters. The molecule has 0 saturated carbocycles. The molecule has 0 bridgehead atoms. The SMILES string of the molecule is CCCNc1cncc(Nc2ccc(OC)c(C)c2)c1. The van der Waals surface area contributed by atoms with Crippen LogP contribution in [0.5, 0.6) is 5.75 Å². The van der Waals surface area contributed by atoms with Crippen molar-refractivity contribution in [3.05, 3.63) is 42.2 Å². The van der Waals surface area contributed by atoms with Crippen LogP contribution >= 0.6 is 0 Å². The van der Waals surface area contributed by atoms with Gasteiger partial charge in [-0.15, -0.1) is 0 Å². The molecule has 1 heterocycles. The van der Waals surface area contributed by atoms with Gasteiger partial charge < -0.3 is 15.4 Å². The third kappa shape index (κ3) is 3.63. The quantitative estimate of drug-likeness (QED) is 0.834. The lowest BCUT2D eigenvalue weighted by atomic mass is 10.2. The number of methoxy groups -OCH3 is 1. The van der Waals surface area contributed by atoms with Crippen molar-refractivity contribution in [2.24, 2.45) is 0 Å². The minimum Gasteiger partial charge on any atom is -0.496 e. The second-order valence-electron chi connectivity index (χ2n) is 4.70. The first-order valence-corrected chi connectivity index (χ1v) is 6.83. The summed E-state index contributed by atoms with van der Waals surface area (Å²) in [6, 6.07) is 8.08. The number of nitrogens with one attached hydrogen (secondary N) is 2. The van der Waals surface area contributed by atoms with Gasteiger partial charge in [0, 0.05) is 12.2 Å². The molecular formula is C16H21N3O. The molecule has 2 N–H and O–H groups in total. The Morgan fingerprint density at radius 1 is 1.10 bits per heavy atom. The van der Waals surface area contributed by atoms with Crippen LogP contribution in [-0.4, -0.2) is 18.6 Å². The number of aromatic nitrogens is 1. The van der Waals surface area contributed by atoms with Crippen LogP contribution < -0.4 is 15.4 Å². The van der Waals surface area contributed by atoms with Gasteiger partial charge in [-0.2, -0.15) is 0 Å². The van der Waals surface area contributed by atoms with Gasteiger partial charge in [-0.25, -0.2) is 0 Å². The van der Waals surface area contributed by atoms with Crippen LogP contribution in [0.2, 0.25) is 0 Å². The maximum atomic E-state index is 5.26. The van der Waals surface area contributed by atoms with Crippen molar-refractivity contribution >= 4 is 17.1 Å². The summed E-state index contributed by atoms with van der Waals surface area (Å²) in [5.74, 6) is 0.895. The number of hydrogen-bond donors (Lipinski definition) is 2. The van der Waals surface area contributed by atoms with Gasteiger partial charge in [-0.1, -0.05) is 6.92 Å². The Bertz CT molecular complexity index is 569. The molecule has 0 amide bonds. The van der Waals surface area contributed by atoms with E-state index in [1.165, 1.54) is 0 Å². The molecule has 0 fully saturated rings. The van der Waals surface area contributed by atoms with Crippen LogP contribution in [0, 0.1) is 6.92 Å². The maximum Gasteiger partial charge on any atom is 0.121 e. The Morgan fingerprint density at radius 3 is 2.60 bits per heavy atom. The Kier molecular flexibility index (Phi) is 4.82. The standard InChI is InChI=1S/C16H21N3O/c1-4-7-18-14-9-15(11-17-10-14)19-13-5-6-16(20-3)12(2)8-13/h5-6,8-11,18-19H,4,7H2,1-3H3. The minimum absolute atomic E-state index is 0.895. The number of nitrogens with zero attached hydrogens (tertiary/aromatic N) is 1. The van der Waals surface area contributed by atoms with E-state index < -0.39 is 0 Å². The lowest BCUT2D eigenvalue weighted by Crippen LogP contribution is -2.01. The molecule has 1 aromatic carbocycles. The van der Waals surface area contributed by atoms with E-state index in [1.54, 1.807) is 7.11 Å². The van der Waals surface area contributed by atoms with Crippen LogP contribution in [0.25, 0.3) is 0 Å². The molecule has 0 aliphatic carbocycles. The molecule has 0 saturated heterocycles. The predicted octanol–water partition coefficient (Wildman–Crippen LogP) is 3.96. The lowest BCUT2D eigenvalue weighted by Gasteiger charge is -2.11. The van der Waals surface area contributed by atoms with Gasteiger partial charge >= 0.3 is 0 Å². The van der Waals surface area contributed by atoms with Crippen LogP contribution in [0.15, 0.2) is 36.7 Å². The second-order valence-corrected chi connectivity index (χ2v) is 4.70. The van der Waals surface area contributed by atoms with E-state index in [0.717, 1.165) is 41.3 Å². The van der Waals surface area contributed by atoms with Gasteiger partial charge in [-0.3, -0.25) is 4.98 Å². The summed E-state index contributed by atoms with van der Waals surface area (Å²) in [4.78, 5) is 4.24. The zero-order chi connectivity index (χ0) is 14.4. The lowest BCUT2D eigenvalue weighted by molar-refractivity contribution is 0.412. The van der Waals surface area contributed by atoms with Gasteiger partial charge in [0.15, 0.2) is 0 Å². The molecule has 20 heavy (non-hydrogen) atoms. The number of benzene rings is 1. The van der Waals surface area contributed by atoms with E-state index >= 15 is 0 Å². The average molecular weight is 271 g/mol. The van der Waals surface area contributed by atoms with E-state index in [1.807, 2.05) is 31.5 Å². The number of hydrogen-bond acceptors (Lipinski definition) is 4. The van der Waals surface area contributed by atoms with Gasteiger partial charge in [0.25, 0.3) is 0 Å². The molecule has 0 unspecified atom stereocenters. The second kappa shape index (κ2) is 6.80. The molecule has 0 aliphatic rings. The molecule has 2 rings (SSSR count). The number of aryl methyl sites for hydroxylation is 1. The van der Waals surface area contributed by atoms with Crippen molar-refractivity contribution in [2.45, 2.75) is 20.3 Å². The van der Waals surface area contributed by atoms with Crippen LogP contribution in [0.4, 0.5) is 17.1 Å². The molecule has 0 radical (unpaired) electrons. The van der Waals surface area contributed by atoms with E-state index in [-0.39, 0.29) is 0 Å². The molecular weight excluding hydrogens is 250 g/mol. The summed E-state index contributed by atoms with van der Waals surface area (Å²) in [6.07, 6.45) is 4.74. The highest BCUT2D eigenvalue weighted by Gasteiger charge is 2.01. The fourth-order valence-electron chi connectivity index (χ4n) is 2.00. The van der Waals surface area contributed by atoms with Crippen molar-refractivity contribution in [3.8, 4) is 5.75 Å². The summed E-state index contributed by atoms with van der Waals surface area (Å²) in [7, 11) is 1.68. The smallest absolute Gasteiger partial charge is 0.121 e. The van der Waals surface area contributed by atoms with Gasteiger partial charge in [0.1, 0.15) is 5.75 Å². The van der Waals surface area contributed by atoms with E-state index in [2.05, 4.69) is 34.7 Å². The Balaban J connectivity index is 2.11. The fourth-order valence-corrected chi connectivity index (χ4v) is 2.00. The Labute approximate surface area is 120 Å². The van der Waals surface area contributed by atoms with Crippen molar-refractivity contribution in [1.82, 2.24) is 4.98 Å². The highest BCUT2D eigenvalue weighted by atomic mass is 16.5. The third-order valence-corrected chi connectivity index (χ3v) is 3.00. The van der Waals surface area contributed by atoms with E-state index in [0.29, 0.717) is 0 Å². The van der Waals surface area contributed by atoms with E-state index in [4.69, 9.17) is 4.74 Å². The van der Waals surface area contributed by atoms with Gasteiger partial charge in [-0.05, 0) is 43.2 Å². The monoisotopic (exact) mass is 271 g/mol. The van der Waals surface area contributed by atoms with Crippen molar-refractivity contribution in [2.75, 3.05) is 24.3 Å². The Morgan fingerprint density at radius 2 is 1.90 bits per heavy atom. The van der Waals surface area contributed by atoms with Crippen LogP contribution in [0.3, 0.4) is 0 Å². The molecule has 0 spiro atoms. The van der Waals surface area contributed by atoms with Crippen LogP contribution in [0.1, 0.15) is 18.9 Å². The first-order chi connectivity index (χ1) is 9.72. The summed E-state index contributed by atoms with van der Waals surface area (Å²) < 4.78 is 5.26. The first kappa shape index (κ1) is 14.2. The zero-order valence-electron chi connectivity index (χ0n) is 12.2. The number of anilines is 3. The van der Waals surface area contributed by atoms with Crippen LogP contribution in [-0.2, 0) is 0 Å². The number of ether oxygens (including phenoxy) is 1. The van der Waals surface area contributed by atoms with Crippen molar-refractivity contribution in [3.63, 3.8) is 0 Å². The number of pyridine rings is 1. The van der Waals surface area contributed by atoms with Gasteiger partial charge in [0.05, 0.1) is 30.9 Å². The molecule has 4 heteroatoms. The summed E-state index contributed by atoms with van der Waals surface area (Å²) >= 11 is 0. The summed E-state index contributed by atoms with van der Waals surface area (Å²) in [5.41, 5.74) is 4.13. The average Bonchev–Trinajstić information content (AvgIpc) is 2.46. The predicted molar refractivity (Wildman–Crippen MR) is 84.0 cm³/mol. The molecule has 0 aliphatic heterocycles. The highest BCUT2D eigenvalue weighted by Crippen LogP contribution is 2.24. The third-order valence-electron chi connectivity index (χ3n) is 3.00. The van der Waals surface area contributed by atoms with Crippen molar-refractivity contribution < 1.29 is 4.74 Å². The van der Waals surface area contributed by atoms with Crippen molar-refractivity contribution in [1.29, 1.82) is 0 Å².